The molecule has 0 atom stereocenters. The number of rotatable bonds is 5. The van der Waals surface area contributed by atoms with Crippen LogP contribution in [0.15, 0.2) is 36.5 Å². The maximum Gasteiger partial charge on any atom is 0.194 e. The zero-order valence-corrected chi connectivity index (χ0v) is 15.1. The van der Waals surface area contributed by atoms with Crippen LogP contribution in [-0.2, 0) is 7.05 Å². The SMILES string of the molecule is Cl.Cn1cc(C(=O)c2ccc(Cl)cc2)cc1C(=O)CN1CCCC1. The van der Waals surface area contributed by atoms with Crippen LogP contribution >= 0.6 is 24.0 Å². The molecule has 128 valence electrons. The van der Waals surface area contributed by atoms with Crippen molar-refractivity contribution in [2.24, 2.45) is 7.05 Å². The van der Waals surface area contributed by atoms with Crippen molar-refractivity contribution in [3.8, 4) is 0 Å². The Balaban J connectivity index is 0.00000208. The summed E-state index contributed by atoms with van der Waals surface area (Å²) in [5.41, 5.74) is 1.67. The molecule has 1 aromatic carbocycles. The summed E-state index contributed by atoms with van der Waals surface area (Å²) in [7, 11) is 1.80. The van der Waals surface area contributed by atoms with E-state index in [0.29, 0.717) is 28.4 Å². The summed E-state index contributed by atoms with van der Waals surface area (Å²) in [6, 6.07) is 8.47. The molecule has 0 spiro atoms. The van der Waals surface area contributed by atoms with Gasteiger partial charge in [0.05, 0.1) is 12.2 Å². The molecule has 1 saturated heterocycles. The lowest BCUT2D eigenvalue weighted by atomic mass is 10.1. The van der Waals surface area contributed by atoms with Crippen LogP contribution in [-0.4, -0.2) is 40.7 Å². The fourth-order valence-corrected chi connectivity index (χ4v) is 3.08. The van der Waals surface area contributed by atoms with Gasteiger partial charge in [0.1, 0.15) is 0 Å². The molecule has 0 radical (unpaired) electrons. The van der Waals surface area contributed by atoms with Gasteiger partial charge in [0, 0.05) is 29.4 Å². The lowest BCUT2D eigenvalue weighted by Crippen LogP contribution is -2.27. The Kier molecular flexibility index (Phi) is 6.21. The standard InChI is InChI=1S/C18H19ClN2O2.ClH/c1-20-11-14(18(23)13-4-6-15(19)7-5-13)10-16(20)17(22)12-21-8-2-3-9-21;/h4-7,10-11H,2-3,8-9,12H2,1H3;1H. The summed E-state index contributed by atoms with van der Waals surface area (Å²) in [6.45, 7) is 2.38. The van der Waals surface area contributed by atoms with Gasteiger partial charge in [0.15, 0.2) is 11.6 Å². The van der Waals surface area contributed by atoms with Crippen molar-refractivity contribution in [2.75, 3.05) is 19.6 Å². The molecule has 0 amide bonds. The number of hydrogen-bond donors (Lipinski definition) is 0. The summed E-state index contributed by atoms with van der Waals surface area (Å²) in [6.07, 6.45) is 4.02. The molecule has 0 aliphatic carbocycles. The number of aromatic nitrogens is 1. The van der Waals surface area contributed by atoms with Crippen molar-refractivity contribution in [1.82, 2.24) is 9.47 Å². The van der Waals surface area contributed by atoms with E-state index >= 15 is 0 Å². The Bertz CT molecular complexity index is 732. The van der Waals surface area contributed by atoms with Gasteiger partial charge in [0.25, 0.3) is 0 Å². The van der Waals surface area contributed by atoms with Gasteiger partial charge in [-0.2, -0.15) is 0 Å². The minimum absolute atomic E-state index is 0. The Morgan fingerprint density at radius 1 is 1.08 bits per heavy atom. The second kappa shape index (κ2) is 7.97. The highest BCUT2D eigenvalue weighted by Gasteiger charge is 2.20. The average Bonchev–Trinajstić information content (AvgIpc) is 3.17. The molecule has 3 rings (SSSR count). The molecule has 0 N–H and O–H groups in total. The molecule has 0 bridgehead atoms. The molecule has 1 aliphatic heterocycles. The van der Waals surface area contributed by atoms with Gasteiger partial charge >= 0.3 is 0 Å². The highest BCUT2D eigenvalue weighted by Crippen LogP contribution is 2.17. The van der Waals surface area contributed by atoms with Crippen molar-refractivity contribution >= 4 is 35.6 Å². The van der Waals surface area contributed by atoms with E-state index in [1.54, 1.807) is 48.1 Å². The second-order valence-electron chi connectivity index (χ2n) is 5.97. The van der Waals surface area contributed by atoms with Gasteiger partial charge in [-0.1, -0.05) is 11.6 Å². The number of nitrogens with zero attached hydrogens (tertiary/aromatic N) is 2. The van der Waals surface area contributed by atoms with Crippen LogP contribution in [0.5, 0.6) is 0 Å². The normalized spacial score (nSPS) is 14.4. The third-order valence-electron chi connectivity index (χ3n) is 4.23. The van der Waals surface area contributed by atoms with Crippen LogP contribution in [0.1, 0.15) is 39.3 Å². The minimum atomic E-state index is -0.0995. The highest BCUT2D eigenvalue weighted by molar-refractivity contribution is 6.30. The van der Waals surface area contributed by atoms with E-state index in [1.807, 2.05) is 0 Å². The van der Waals surface area contributed by atoms with E-state index in [0.717, 1.165) is 25.9 Å². The quantitative estimate of drug-likeness (QED) is 0.759. The Morgan fingerprint density at radius 3 is 2.33 bits per heavy atom. The van der Waals surface area contributed by atoms with Crippen molar-refractivity contribution < 1.29 is 9.59 Å². The molecule has 1 aromatic heterocycles. The van der Waals surface area contributed by atoms with Crippen LogP contribution in [0.3, 0.4) is 0 Å². The number of ketones is 2. The predicted molar refractivity (Wildman–Crippen MR) is 97.6 cm³/mol. The van der Waals surface area contributed by atoms with E-state index in [-0.39, 0.29) is 24.0 Å². The maximum atomic E-state index is 12.5. The van der Waals surface area contributed by atoms with Crippen molar-refractivity contribution in [3.05, 3.63) is 58.4 Å². The lowest BCUT2D eigenvalue weighted by Gasteiger charge is -2.13. The molecule has 2 aromatic rings. The monoisotopic (exact) mass is 366 g/mol. The second-order valence-corrected chi connectivity index (χ2v) is 6.40. The number of Topliss-reactive ketones (excluding diaryl/α,β-unsaturated/α-hetero) is 1. The number of halogens is 2. The third kappa shape index (κ3) is 4.07. The number of aryl methyl sites for hydroxylation is 1. The van der Waals surface area contributed by atoms with E-state index in [9.17, 15) is 9.59 Å². The van der Waals surface area contributed by atoms with Gasteiger partial charge in [-0.15, -0.1) is 12.4 Å². The Labute approximate surface area is 152 Å². The zero-order valence-electron chi connectivity index (χ0n) is 13.5. The smallest absolute Gasteiger partial charge is 0.194 e. The number of benzene rings is 1. The number of hydrogen-bond acceptors (Lipinski definition) is 3. The highest BCUT2D eigenvalue weighted by atomic mass is 35.5. The molecular weight excluding hydrogens is 347 g/mol. The van der Waals surface area contributed by atoms with Gasteiger partial charge in [0.2, 0.25) is 0 Å². The fourth-order valence-electron chi connectivity index (χ4n) is 2.96. The van der Waals surface area contributed by atoms with Crippen LogP contribution in [0.2, 0.25) is 5.02 Å². The minimum Gasteiger partial charge on any atom is -0.347 e. The first-order chi connectivity index (χ1) is 11.0. The summed E-state index contributed by atoms with van der Waals surface area (Å²) < 4.78 is 1.74. The van der Waals surface area contributed by atoms with E-state index in [1.165, 1.54) is 0 Å². The first kappa shape index (κ1) is 18.7. The van der Waals surface area contributed by atoms with Crippen LogP contribution in [0.25, 0.3) is 0 Å². The first-order valence-corrected chi connectivity index (χ1v) is 8.14. The predicted octanol–water partition coefficient (Wildman–Crippen LogP) is 3.61. The van der Waals surface area contributed by atoms with Crippen molar-refractivity contribution in [2.45, 2.75) is 12.8 Å². The molecule has 2 heterocycles. The van der Waals surface area contributed by atoms with E-state index in [2.05, 4.69) is 4.90 Å². The van der Waals surface area contributed by atoms with Crippen LogP contribution in [0.4, 0.5) is 0 Å². The summed E-state index contributed by atoms with van der Waals surface area (Å²) >= 11 is 5.85. The van der Waals surface area contributed by atoms with Crippen molar-refractivity contribution in [3.63, 3.8) is 0 Å². The van der Waals surface area contributed by atoms with Gasteiger partial charge in [-0.3, -0.25) is 14.5 Å². The zero-order chi connectivity index (χ0) is 16.4. The Hall–Kier alpha value is -1.62. The molecule has 24 heavy (non-hydrogen) atoms. The summed E-state index contributed by atoms with van der Waals surface area (Å²) in [5, 5.41) is 0.594. The summed E-state index contributed by atoms with van der Waals surface area (Å²) in [5.74, 6) is -0.0398. The Morgan fingerprint density at radius 2 is 1.71 bits per heavy atom. The fraction of sp³-hybridized carbons (Fsp3) is 0.333. The van der Waals surface area contributed by atoms with Gasteiger partial charge in [-0.05, 0) is 56.3 Å². The number of carbonyl (C=O) groups excluding carboxylic acids is 2. The first-order valence-electron chi connectivity index (χ1n) is 7.77. The van der Waals surface area contributed by atoms with E-state index in [4.69, 9.17) is 11.6 Å². The number of carbonyl (C=O) groups is 2. The van der Waals surface area contributed by atoms with Crippen LogP contribution < -0.4 is 0 Å². The van der Waals surface area contributed by atoms with Crippen LogP contribution in [0, 0.1) is 0 Å². The van der Waals surface area contributed by atoms with Crippen molar-refractivity contribution in [1.29, 1.82) is 0 Å². The molecular formula is C18H20Cl2N2O2. The third-order valence-corrected chi connectivity index (χ3v) is 4.48. The topological polar surface area (TPSA) is 42.3 Å². The maximum absolute atomic E-state index is 12.5. The molecule has 1 fully saturated rings. The van der Waals surface area contributed by atoms with Gasteiger partial charge < -0.3 is 4.57 Å². The summed E-state index contributed by atoms with van der Waals surface area (Å²) in [4.78, 5) is 27.1. The molecule has 1 aliphatic rings. The van der Waals surface area contributed by atoms with E-state index < -0.39 is 0 Å². The van der Waals surface area contributed by atoms with Gasteiger partial charge in [-0.25, -0.2) is 0 Å². The largest absolute Gasteiger partial charge is 0.347 e. The molecule has 0 unspecified atom stereocenters. The number of likely N-dealkylation sites (tertiary alicyclic amines) is 1. The lowest BCUT2D eigenvalue weighted by molar-refractivity contribution is 0.0937. The average molecular weight is 367 g/mol. The molecule has 6 heteroatoms. The molecule has 0 saturated carbocycles. The molecule has 4 nitrogen and oxygen atoms in total.